The first-order valence-electron chi connectivity index (χ1n) is 7.79. The summed E-state index contributed by atoms with van der Waals surface area (Å²) in [6, 6.07) is 5.39. The molecule has 1 fully saturated rings. The van der Waals surface area contributed by atoms with Crippen LogP contribution in [-0.2, 0) is 28.9 Å². The molecule has 116 valence electrons. The molecule has 0 unspecified atom stereocenters. The molecule has 0 radical (unpaired) electrons. The summed E-state index contributed by atoms with van der Waals surface area (Å²) in [5.74, 6) is -1.39. The largest absolute Gasteiger partial charge is 0.478 e. The summed E-state index contributed by atoms with van der Waals surface area (Å²) in [6.07, 6.45) is 2.47. The molecule has 0 bridgehead atoms. The first-order chi connectivity index (χ1) is 10.6. The molecule has 1 saturated heterocycles. The average Bonchev–Trinajstić information content (AvgIpc) is 3.09. The number of aromatic nitrogens is 1. The highest BCUT2D eigenvalue weighted by Crippen LogP contribution is 2.40. The molecule has 1 aliphatic carbocycles. The van der Waals surface area contributed by atoms with Crippen LogP contribution in [0.3, 0.4) is 0 Å². The third kappa shape index (κ3) is 1.89. The third-order valence-corrected chi connectivity index (χ3v) is 4.85. The Morgan fingerprint density at radius 2 is 2.14 bits per heavy atom. The molecule has 4 rings (SSSR count). The van der Waals surface area contributed by atoms with Crippen molar-refractivity contribution in [2.24, 2.45) is 0 Å². The number of fused-ring (bicyclic) bond motifs is 3. The lowest BCUT2D eigenvalue weighted by molar-refractivity contribution is -0.163. The van der Waals surface area contributed by atoms with Crippen LogP contribution in [0.25, 0.3) is 10.9 Å². The monoisotopic (exact) mass is 301 g/mol. The molecule has 1 aromatic heterocycles. The van der Waals surface area contributed by atoms with Crippen molar-refractivity contribution >= 4 is 16.9 Å². The van der Waals surface area contributed by atoms with Crippen LogP contribution in [0.1, 0.15) is 35.0 Å². The minimum absolute atomic E-state index is 0.330. The van der Waals surface area contributed by atoms with Gasteiger partial charge < -0.3 is 19.1 Å². The number of ether oxygens (including phenoxy) is 2. The van der Waals surface area contributed by atoms with Gasteiger partial charge in [-0.2, -0.15) is 0 Å². The van der Waals surface area contributed by atoms with E-state index in [1.807, 2.05) is 6.07 Å². The molecular formula is C17H19NO4. The molecule has 5 heteroatoms. The molecule has 2 aliphatic rings. The maximum atomic E-state index is 11.3. The molecule has 1 aromatic carbocycles. The highest BCUT2D eigenvalue weighted by molar-refractivity contribution is 5.95. The van der Waals surface area contributed by atoms with Crippen LogP contribution >= 0.6 is 0 Å². The number of hydrogen-bond acceptors (Lipinski definition) is 3. The van der Waals surface area contributed by atoms with Crippen molar-refractivity contribution < 1.29 is 19.4 Å². The van der Waals surface area contributed by atoms with E-state index in [1.165, 1.54) is 11.3 Å². The van der Waals surface area contributed by atoms with Gasteiger partial charge in [-0.1, -0.05) is 0 Å². The highest BCUT2D eigenvalue weighted by atomic mass is 16.7. The Morgan fingerprint density at radius 3 is 2.82 bits per heavy atom. The van der Waals surface area contributed by atoms with Gasteiger partial charge in [-0.05, 0) is 37.1 Å². The van der Waals surface area contributed by atoms with E-state index >= 15 is 0 Å². The molecule has 2 heterocycles. The lowest BCUT2D eigenvalue weighted by Gasteiger charge is -2.32. The molecular weight excluding hydrogens is 282 g/mol. The van der Waals surface area contributed by atoms with Gasteiger partial charge in [0.15, 0.2) is 5.79 Å². The van der Waals surface area contributed by atoms with Crippen LogP contribution in [-0.4, -0.2) is 34.6 Å². The fraction of sp³-hybridized carbons (Fsp3) is 0.471. The van der Waals surface area contributed by atoms with Gasteiger partial charge in [-0.15, -0.1) is 0 Å². The van der Waals surface area contributed by atoms with E-state index in [-0.39, 0.29) is 0 Å². The standard InChI is InChI=1S/C17H19NO4/c1-2-18-14-4-3-11(16(19)20)9-12(14)13-10-17(6-5-15(13)18)21-7-8-22-17/h3-4,9H,2,5-8,10H2,1H3,(H,19,20). The molecule has 1 aliphatic heterocycles. The number of carboxylic acids is 1. The second-order valence-electron chi connectivity index (χ2n) is 5.99. The number of hydrogen-bond donors (Lipinski definition) is 1. The molecule has 2 aromatic rings. The maximum absolute atomic E-state index is 11.3. The fourth-order valence-corrected chi connectivity index (χ4v) is 3.86. The molecule has 0 atom stereocenters. The molecule has 5 nitrogen and oxygen atoms in total. The van der Waals surface area contributed by atoms with Gasteiger partial charge in [0.2, 0.25) is 0 Å². The SMILES string of the molecule is CCn1c2c(c3cc(C(=O)O)ccc31)CC1(CC2)OCCO1. The third-order valence-electron chi connectivity index (χ3n) is 4.85. The number of aryl methyl sites for hydroxylation is 1. The van der Waals surface area contributed by atoms with Crippen molar-refractivity contribution in [2.45, 2.75) is 38.5 Å². The lowest BCUT2D eigenvalue weighted by atomic mass is 9.90. The number of aromatic carboxylic acids is 1. The van der Waals surface area contributed by atoms with Crippen molar-refractivity contribution in [3.05, 3.63) is 35.0 Å². The molecule has 22 heavy (non-hydrogen) atoms. The summed E-state index contributed by atoms with van der Waals surface area (Å²) >= 11 is 0. The number of benzene rings is 1. The lowest BCUT2D eigenvalue weighted by Crippen LogP contribution is -2.37. The minimum atomic E-state index is -0.890. The molecule has 0 saturated carbocycles. The predicted molar refractivity (Wildman–Crippen MR) is 81.2 cm³/mol. The van der Waals surface area contributed by atoms with Crippen LogP contribution in [0.2, 0.25) is 0 Å². The van der Waals surface area contributed by atoms with Crippen molar-refractivity contribution in [3.8, 4) is 0 Å². The molecule has 1 spiro atoms. The van der Waals surface area contributed by atoms with E-state index in [2.05, 4.69) is 11.5 Å². The van der Waals surface area contributed by atoms with Gasteiger partial charge in [-0.3, -0.25) is 0 Å². The maximum Gasteiger partial charge on any atom is 0.335 e. The minimum Gasteiger partial charge on any atom is -0.478 e. The Kier molecular flexibility index (Phi) is 3.03. The zero-order chi connectivity index (χ0) is 15.3. The second-order valence-corrected chi connectivity index (χ2v) is 5.99. The normalized spacial score (nSPS) is 19.7. The van der Waals surface area contributed by atoms with Crippen LogP contribution in [0.15, 0.2) is 18.2 Å². The number of nitrogens with zero attached hydrogens (tertiary/aromatic N) is 1. The van der Waals surface area contributed by atoms with Crippen molar-refractivity contribution in [1.82, 2.24) is 4.57 Å². The fourth-order valence-electron chi connectivity index (χ4n) is 3.86. The van der Waals surface area contributed by atoms with E-state index in [4.69, 9.17) is 9.47 Å². The van der Waals surface area contributed by atoms with E-state index in [0.717, 1.165) is 30.3 Å². The van der Waals surface area contributed by atoms with Crippen molar-refractivity contribution in [1.29, 1.82) is 0 Å². The number of carboxylic acid groups (broad SMARTS) is 1. The van der Waals surface area contributed by atoms with Crippen LogP contribution in [0.4, 0.5) is 0 Å². The second kappa shape index (κ2) is 4.83. The Hall–Kier alpha value is -1.85. The predicted octanol–water partition coefficient (Wildman–Crippen LogP) is 2.59. The topological polar surface area (TPSA) is 60.7 Å². The average molecular weight is 301 g/mol. The summed E-state index contributed by atoms with van der Waals surface area (Å²) in [4.78, 5) is 11.3. The van der Waals surface area contributed by atoms with Gasteiger partial charge in [0.1, 0.15) is 0 Å². The van der Waals surface area contributed by atoms with Crippen LogP contribution in [0.5, 0.6) is 0 Å². The Bertz CT molecular complexity index is 756. The van der Waals surface area contributed by atoms with Gasteiger partial charge in [0.25, 0.3) is 0 Å². The zero-order valence-corrected chi connectivity index (χ0v) is 12.6. The summed E-state index contributed by atoms with van der Waals surface area (Å²) in [5.41, 5.74) is 3.92. The highest BCUT2D eigenvalue weighted by Gasteiger charge is 2.41. The Balaban J connectivity index is 1.91. The van der Waals surface area contributed by atoms with Crippen molar-refractivity contribution in [2.75, 3.05) is 13.2 Å². The number of rotatable bonds is 2. The smallest absolute Gasteiger partial charge is 0.335 e. The summed E-state index contributed by atoms with van der Waals surface area (Å²) in [7, 11) is 0. The van der Waals surface area contributed by atoms with Crippen molar-refractivity contribution in [3.63, 3.8) is 0 Å². The van der Waals surface area contributed by atoms with Crippen LogP contribution < -0.4 is 0 Å². The van der Waals surface area contributed by atoms with Gasteiger partial charge >= 0.3 is 5.97 Å². The molecule has 1 N–H and O–H groups in total. The van der Waals surface area contributed by atoms with E-state index in [9.17, 15) is 9.90 Å². The summed E-state index contributed by atoms with van der Waals surface area (Å²) in [5, 5.41) is 10.3. The zero-order valence-electron chi connectivity index (χ0n) is 12.6. The number of carbonyl (C=O) groups is 1. The summed E-state index contributed by atoms with van der Waals surface area (Å²) in [6.45, 7) is 4.29. The van der Waals surface area contributed by atoms with E-state index in [1.54, 1.807) is 12.1 Å². The Morgan fingerprint density at radius 1 is 1.36 bits per heavy atom. The quantitative estimate of drug-likeness (QED) is 0.926. The van der Waals surface area contributed by atoms with Gasteiger partial charge in [-0.25, -0.2) is 4.79 Å². The summed E-state index contributed by atoms with van der Waals surface area (Å²) < 4.78 is 14.0. The van der Waals surface area contributed by atoms with E-state index < -0.39 is 11.8 Å². The first kappa shape index (κ1) is 13.8. The van der Waals surface area contributed by atoms with E-state index in [0.29, 0.717) is 25.2 Å². The first-order valence-corrected chi connectivity index (χ1v) is 7.79. The van der Waals surface area contributed by atoms with Gasteiger partial charge in [0.05, 0.1) is 18.8 Å². The Labute approximate surface area is 128 Å². The van der Waals surface area contributed by atoms with Gasteiger partial charge in [0, 0.05) is 36.0 Å². The molecule has 0 amide bonds. The van der Waals surface area contributed by atoms with Crippen LogP contribution in [0, 0.1) is 0 Å².